The van der Waals surface area contributed by atoms with Gasteiger partial charge in [0.2, 0.25) is 0 Å². The van der Waals surface area contributed by atoms with Gasteiger partial charge in [0.25, 0.3) is 5.91 Å². The molecule has 6 heteroatoms. The standard InChI is InChI=1S/C22H21N3O2S/c1-15-19-12-20(28-22(19)25(2)24-15)21(26)23-13-16-7-6-8-17(11-16)14-27-18-9-4-3-5-10-18/h3-12H,13-14H2,1-2H3,(H,23,26). The summed E-state index contributed by atoms with van der Waals surface area (Å²) in [4.78, 5) is 14.3. The van der Waals surface area contributed by atoms with Crippen LogP contribution >= 0.6 is 11.3 Å². The quantitative estimate of drug-likeness (QED) is 0.528. The smallest absolute Gasteiger partial charge is 0.261 e. The highest BCUT2D eigenvalue weighted by atomic mass is 32.1. The molecule has 0 saturated carbocycles. The van der Waals surface area contributed by atoms with E-state index < -0.39 is 0 Å². The Kier molecular flexibility index (Phi) is 5.12. The van der Waals surface area contributed by atoms with Gasteiger partial charge in [0.05, 0.1) is 10.6 Å². The van der Waals surface area contributed by atoms with Crippen LogP contribution in [0, 0.1) is 6.92 Å². The van der Waals surface area contributed by atoms with Crippen molar-refractivity contribution in [2.75, 3.05) is 0 Å². The van der Waals surface area contributed by atoms with Crippen LogP contribution in [-0.4, -0.2) is 15.7 Å². The lowest BCUT2D eigenvalue weighted by Crippen LogP contribution is -2.21. The Morgan fingerprint density at radius 3 is 2.68 bits per heavy atom. The second-order valence-electron chi connectivity index (χ2n) is 6.64. The molecule has 0 fully saturated rings. The van der Waals surface area contributed by atoms with Gasteiger partial charge in [0, 0.05) is 19.0 Å². The third-order valence-electron chi connectivity index (χ3n) is 4.51. The molecular weight excluding hydrogens is 370 g/mol. The van der Waals surface area contributed by atoms with Crippen LogP contribution in [0.4, 0.5) is 0 Å². The zero-order chi connectivity index (χ0) is 19.5. The van der Waals surface area contributed by atoms with E-state index in [2.05, 4.69) is 16.5 Å². The molecule has 28 heavy (non-hydrogen) atoms. The normalized spacial score (nSPS) is 10.9. The largest absolute Gasteiger partial charge is 0.489 e. The van der Waals surface area contributed by atoms with Crippen LogP contribution in [0.5, 0.6) is 5.75 Å². The monoisotopic (exact) mass is 391 g/mol. The summed E-state index contributed by atoms with van der Waals surface area (Å²) in [5, 5.41) is 8.42. The van der Waals surface area contributed by atoms with E-state index in [0.717, 1.165) is 32.8 Å². The Morgan fingerprint density at radius 1 is 1.11 bits per heavy atom. The predicted octanol–water partition coefficient (Wildman–Crippen LogP) is 4.45. The molecule has 1 N–H and O–H groups in total. The number of para-hydroxylation sites is 1. The summed E-state index contributed by atoms with van der Waals surface area (Å²) in [6, 6.07) is 19.7. The first kappa shape index (κ1) is 18.3. The van der Waals surface area contributed by atoms with Crippen LogP contribution in [0.1, 0.15) is 26.5 Å². The molecule has 0 aliphatic rings. The van der Waals surface area contributed by atoms with E-state index in [9.17, 15) is 4.79 Å². The minimum atomic E-state index is -0.0634. The van der Waals surface area contributed by atoms with Crippen molar-refractivity contribution in [2.45, 2.75) is 20.1 Å². The van der Waals surface area contributed by atoms with Gasteiger partial charge in [-0.1, -0.05) is 42.5 Å². The first-order valence-corrected chi connectivity index (χ1v) is 9.89. The van der Waals surface area contributed by atoms with Crippen LogP contribution in [0.15, 0.2) is 60.7 Å². The van der Waals surface area contributed by atoms with E-state index in [1.165, 1.54) is 11.3 Å². The molecule has 4 rings (SSSR count). The minimum Gasteiger partial charge on any atom is -0.489 e. The molecule has 4 aromatic rings. The van der Waals surface area contributed by atoms with E-state index in [4.69, 9.17) is 4.74 Å². The number of aryl methyl sites for hydroxylation is 2. The van der Waals surface area contributed by atoms with Gasteiger partial charge in [-0.15, -0.1) is 11.3 Å². The third kappa shape index (κ3) is 3.92. The minimum absolute atomic E-state index is 0.0634. The number of benzene rings is 2. The summed E-state index contributed by atoms with van der Waals surface area (Å²) in [6.45, 7) is 2.93. The Hall–Kier alpha value is -3.12. The molecule has 2 heterocycles. The zero-order valence-electron chi connectivity index (χ0n) is 15.8. The molecular formula is C22H21N3O2S. The SMILES string of the molecule is Cc1nn(C)c2sc(C(=O)NCc3cccc(COc4ccccc4)c3)cc12. The Labute approximate surface area is 167 Å². The summed E-state index contributed by atoms with van der Waals surface area (Å²) in [5.41, 5.74) is 3.06. The van der Waals surface area contributed by atoms with E-state index in [0.29, 0.717) is 18.0 Å². The van der Waals surface area contributed by atoms with Gasteiger partial charge < -0.3 is 10.1 Å². The second kappa shape index (κ2) is 7.86. The van der Waals surface area contributed by atoms with Gasteiger partial charge >= 0.3 is 0 Å². The Morgan fingerprint density at radius 2 is 1.89 bits per heavy atom. The molecule has 0 aliphatic carbocycles. The fraction of sp³-hybridized carbons (Fsp3) is 0.182. The number of carbonyl (C=O) groups is 1. The molecule has 142 valence electrons. The second-order valence-corrected chi connectivity index (χ2v) is 7.67. The molecule has 0 bridgehead atoms. The number of aromatic nitrogens is 2. The van der Waals surface area contributed by atoms with E-state index in [1.54, 1.807) is 0 Å². The Bertz CT molecular complexity index is 1080. The van der Waals surface area contributed by atoms with E-state index in [1.807, 2.05) is 73.3 Å². The first-order chi connectivity index (χ1) is 13.6. The Balaban J connectivity index is 1.38. The molecule has 1 amide bonds. The predicted molar refractivity (Wildman–Crippen MR) is 112 cm³/mol. The van der Waals surface area contributed by atoms with Gasteiger partial charge in [0.15, 0.2) is 0 Å². The number of nitrogens with one attached hydrogen (secondary N) is 1. The highest BCUT2D eigenvalue weighted by molar-refractivity contribution is 7.20. The lowest BCUT2D eigenvalue weighted by molar-refractivity contribution is 0.0955. The molecule has 0 spiro atoms. The number of amides is 1. The number of hydrogen-bond donors (Lipinski definition) is 1. The molecule has 5 nitrogen and oxygen atoms in total. The zero-order valence-corrected chi connectivity index (χ0v) is 16.6. The van der Waals surface area contributed by atoms with Crippen LogP contribution in [0.2, 0.25) is 0 Å². The van der Waals surface area contributed by atoms with E-state index in [-0.39, 0.29) is 5.91 Å². The van der Waals surface area contributed by atoms with Crippen LogP contribution < -0.4 is 10.1 Å². The number of nitrogens with zero attached hydrogens (tertiary/aromatic N) is 2. The van der Waals surface area contributed by atoms with Crippen molar-refractivity contribution in [2.24, 2.45) is 7.05 Å². The fourth-order valence-electron chi connectivity index (χ4n) is 3.10. The summed E-state index contributed by atoms with van der Waals surface area (Å²) in [7, 11) is 1.90. The number of fused-ring (bicyclic) bond motifs is 1. The lowest BCUT2D eigenvalue weighted by Gasteiger charge is -2.08. The van der Waals surface area contributed by atoms with Crippen LogP contribution in [0.3, 0.4) is 0 Å². The number of carbonyl (C=O) groups excluding carboxylic acids is 1. The van der Waals surface area contributed by atoms with E-state index >= 15 is 0 Å². The van der Waals surface area contributed by atoms with Crippen molar-refractivity contribution in [3.63, 3.8) is 0 Å². The maximum atomic E-state index is 12.5. The van der Waals surface area contributed by atoms with Gasteiger partial charge in [0.1, 0.15) is 17.2 Å². The highest BCUT2D eigenvalue weighted by Crippen LogP contribution is 2.27. The first-order valence-electron chi connectivity index (χ1n) is 9.07. The van der Waals surface area contributed by atoms with Gasteiger partial charge in [-0.25, -0.2) is 0 Å². The number of thiophene rings is 1. The average Bonchev–Trinajstić information content (AvgIpc) is 3.27. The summed E-state index contributed by atoms with van der Waals surface area (Å²) < 4.78 is 7.62. The van der Waals surface area contributed by atoms with Crippen molar-refractivity contribution >= 4 is 27.5 Å². The molecule has 0 radical (unpaired) electrons. The van der Waals surface area contributed by atoms with Gasteiger partial charge in [-0.3, -0.25) is 9.48 Å². The molecule has 0 aliphatic heterocycles. The van der Waals surface area contributed by atoms with Crippen molar-refractivity contribution in [3.05, 3.63) is 82.4 Å². The summed E-state index contributed by atoms with van der Waals surface area (Å²) in [6.07, 6.45) is 0. The fourth-order valence-corrected chi connectivity index (χ4v) is 4.14. The average molecular weight is 391 g/mol. The number of hydrogen-bond acceptors (Lipinski definition) is 4. The summed E-state index contributed by atoms with van der Waals surface area (Å²) >= 11 is 1.47. The van der Waals surface area contributed by atoms with Crippen molar-refractivity contribution < 1.29 is 9.53 Å². The summed E-state index contributed by atoms with van der Waals surface area (Å²) in [5.74, 6) is 0.780. The van der Waals surface area contributed by atoms with Crippen molar-refractivity contribution in [3.8, 4) is 5.75 Å². The maximum absolute atomic E-state index is 12.5. The van der Waals surface area contributed by atoms with Crippen LogP contribution in [0.25, 0.3) is 10.2 Å². The van der Waals surface area contributed by atoms with Gasteiger partial charge in [-0.05, 0) is 36.2 Å². The molecule has 2 aromatic carbocycles. The lowest BCUT2D eigenvalue weighted by atomic mass is 10.1. The number of ether oxygens (including phenoxy) is 1. The molecule has 0 unspecified atom stereocenters. The van der Waals surface area contributed by atoms with Crippen molar-refractivity contribution in [1.29, 1.82) is 0 Å². The maximum Gasteiger partial charge on any atom is 0.261 e. The highest BCUT2D eigenvalue weighted by Gasteiger charge is 2.14. The molecule has 0 saturated heterocycles. The molecule has 2 aromatic heterocycles. The number of rotatable bonds is 6. The van der Waals surface area contributed by atoms with Crippen molar-refractivity contribution in [1.82, 2.24) is 15.1 Å². The third-order valence-corrected chi connectivity index (χ3v) is 5.71. The van der Waals surface area contributed by atoms with Gasteiger partial charge in [-0.2, -0.15) is 5.10 Å². The van der Waals surface area contributed by atoms with Crippen LogP contribution in [-0.2, 0) is 20.2 Å². The topological polar surface area (TPSA) is 56.2 Å². The molecule has 0 atom stereocenters.